The van der Waals surface area contributed by atoms with Gasteiger partial charge in [0, 0.05) is 49.5 Å². The molecule has 0 aliphatic heterocycles. The highest BCUT2D eigenvalue weighted by Gasteiger charge is 2.22. The van der Waals surface area contributed by atoms with Crippen LogP contribution in [-0.2, 0) is 22.5 Å². The zero-order valence-electron chi connectivity index (χ0n) is 22.2. The molecule has 1 aromatic heterocycles. The maximum atomic E-state index is 13.6. The molecule has 0 saturated heterocycles. The van der Waals surface area contributed by atoms with Crippen molar-refractivity contribution in [3.05, 3.63) is 95.9 Å². The molecule has 0 spiro atoms. The predicted molar refractivity (Wildman–Crippen MR) is 149 cm³/mol. The summed E-state index contributed by atoms with van der Waals surface area (Å²) >= 11 is 0. The van der Waals surface area contributed by atoms with Crippen LogP contribution in [0.2, 0.25) is 0 Å². The number of rotatable bonds is 12. The van der Waals surface area contributed by atoms with Crippen LogP contribution in [-0.4, -0.2) is 67.2 Å². The average Bonchev–Trinajstić information content (AvgIpc) is 3.37. The third-order valence-corrected chi connectivity index (χ3v) is 6.49. The lowest BCUT2D eigenvalue weighted by Gasteiger charge is -2.28. The van der Waals surface area contributed by atoms with Gasteiger partial charge < -0.3 is 29.6 Å². The molecule has 2 N–H and O–H groups in total. The number of ether oxygens (including phenoxy) is 2. The van der Waals surface area contributed by atoms with Crippen molar-refractivity contribution in [2.75, 3.05) is 45.8 Å². The van der Waals surface area contributed by atoms with E-state index >= 15 is 0 Å². The van der Waals surface area contributed by atoms with Crippen molar-refractivity contribution >= 4 is 28.5 Å². The van der Waals surface area contributed by atoms with Crippen LogP contribution >= 0.6 is 0 Å². The maximum Gasteiger partial charge on any atom is 0.322 e. The fourth-order valence-electron chi connectivity index (χ4n) is 4.29. The number of amides is 3. The van der Waals surface area contributed by atoms with E-state index in [4.69, 9.17) is 9.47 Å². The minimum atomic E-state index is -0.413. The number of nitrogens with zero attached hydrogens (tertiary/aromatic N) is 2. The Morgan fingerprint density at radius 2 is 1.67 bits per heavy atom. The van der Waals surface area contributed by atoms with Crippen LogP contribution in [0.25, 0.3) is 10.9 Å². The largest absolute Gasteiger partial charge is 0.497 e. The quantitative estimate of drug-likeness (QED) is 0.267. The molecule has 0 aliphatic rings. The average molecular weight is 533 g/mol. The summed E-state index contributed by atoms with van der Waals surface area (Å²) in [6.07, 6.45) is 2.57. The van der Waals surface area contributed by atoms with Gasteiger partial charge >= 0.3 is 6.03 Å². The van der Waals surface area contributed by atoms with E-state index in [9.17, 15) is 14.0 Å². The van der Waals surface area contributed by atoms with Gasteiger partial charge in [-0.2, -0.15) is 0 Å². The van der Waals surface area contributed by atoms with Gasteiger partial charge in [-0.05, 0) is 60.0 Å². The van der Waals surface area contributed by atoms with Crippen LogP contribution < -0.4 is 10.1 Å². The van der Waals surface area contributed by atoms with E-state index in [0.717, 1.165) is 22.0 Å². The molecule has 39 heavy (non-hydrogen) atoms. The van der Waals surface area contributed by atoms with Crippen molar-refractivity contribution in [1.29, 1.82) is 0 Å². The molecule has 3 amide bonds. The van der Waals surface area contributed by atoms with Gasteiger partial charge in [-0.15, -0.1) is 0 Å². The number of anilines is 1. The van der Waals surface area contributed by atoms with Crippen LogP contribution in [0.15, 0.2) is 79.0 Å². The minimum Gasteiger partial charge on any atom is -0.497 e. The Morgan fingerprint density at radius 3 is 2.38 bits per heavy atom. The third kappa shape index (κ3) is 7.58. The van der Waals surface area contributed by atoms with Crippen LogP contribution in [0.3, 0.4) is 0 Å². The Balaban J connectivity index is 1.49. The van der Waals surface area contributed by atoms with Crippen molar-refractivity contribution in [3.63, 3.8) is 0 Å². The van der Waals surface area contributed by atoms with Crippen LogP contribution in [0.1, 0.15) is 11.1 Å². The number of benzene rings is 3. The topological polar surface area (TPSA) is 86.9 Å². The van der Waals surface area contributed by atoms with Crippen molar-refractivity contribution in [1.82, 2.24) is 14.8 Å². The van der Waals surface area contributed by atoms with Crippen LogP contribution in [0.4, 0.5) is 14.9 Å². The highest BCUT2D eigenvalue weighted by atomic mass is 19.1. The first-order chi connectivity index (χ1) is 19.0. The lowest BCUT2D eigenvalue weighted by atomic mass is 10.1. The van der Waals surface area contributed by atoms with Crippen molar-refractivity contribution in [2.24, 2.45) is 0 Å². The van der Waals surface area contributed by atoms with Gasteiger partial charge in [-0.25, -0.2) is 9.18 Å². The van der Waals surface area contributed by atoms with Crippen LogP contribution in [0, 0.1) is 5.82 Å². The third-order valence-electron chi connectivity index (χ3n) is 6.49. The standard InChI is InChI=1S/C30H33FN4O4/c1-38-18-17-35(30(37)33-25-11-13-26(39-2)14-12-25)21-29(36)34(20-22-7-9-24(31)10-8-22)16-15-23-19-32-28-6-4-3-5-27(23)28/h3-14,19,32H,15-18,20-21H2,1-2H3,(H,33,37). The monoisotopic (exact) mass is 532 g/mol. The SMILES string of the molecule is COCCN(CC(=O)N(CCc1c[nH]c2ccccc12)Cc1ccc(F)cc1)C(=O)Nc1ccc(OC)cc1. The fourth-order valence-corrected chi connectivity index (χ4v) is 4.29. The summed E-state index contributed by atoms with van der Waals surface area (Å²) in [5.74, 6) is 0.113. The lowest BCUT2D eigenvalue weighted by Crippen LogP contribution is -2.46. The number of halogens is 1. The molecule has 0 fully saturated rings. The Labute approximate surface area is 227 Å². The van der Waals surface area contributed by atoms with Gasteiger partial charge in [0.1, 0.15) is 18.1 Å². The molecule has 0 atom stereocenters. The molecule has 9 heteroatoms. The van der Waals surface area contributed by atoms with E-state index in [-0.39, 0.29) is 31.4 Å². The van der Waals surface area contributed by atoms with E-state index in [2.05, 4.69) is 10.3 Å². The molecule has 0 saturated carbocycles. The van der Waals surface area contributed by atoms with Gasteiger partial charge in [0.15, 0.2) is 0 Å². The lowest BCUT2D eigenvalue weighted by molar-refractivity contribution is -0.132. The molecule has 0 bridgehead atoms. The summed E-state index contributed by atoms with van der Waals surface area (Å²) < 4.78 is 23.9. The van der Waals surface area contributed by atoms with Gasteiger partial charge in [0.2, 0.25) is 5.91 Å². The highest BCUT2D eigenvalue weighted by molar-refractivity contribution is 5.92. The van der Waals surface area contributed by atoms with Crippen molar-refractivity contribution in [2.45, 2.75) is 13.0 Å². The number of aromatic nitrogens is 1. The number of aromatic amines is 1. The number of hydrogen-bond acceptors (Lipinski definition) is 4. The normalized spacial score (nSPS) is 10.8. The van der Waals surface area contributed by atoms with E-state index in [0.29, 0.717) is 30.9 Å². The van der Waals surface area contributed by atoms with Gasteiger partial charge in [-0.3, -0.25) is 4.79 Å². The number of urea groups is 1. The summed E-state index contributed by atoms with van der Waals surface area (Å²) in [5.41, 5.74) is 3.51. The number of carbonyl (C=O) groups is 2. The molecule has 0 aliphatic carbocycles. The summed E-state index contributed by atoms with van der Waals surface area (Å²) in [7, 11) is 3.12. The molecule has 3 aromatic carbocycles. The number of para-hydroxylation sites is 1. The molecule has 0 unspecified atom stereocenters. The van der Waals surface area contributed by atoms with Gasteiger partial charge in [0.05, 0.1) is 13.7 Å². The Morgan fingerprint density at radius 1 is 0.923 bits per heavy atom. The predicted octanol–water partition coefficient (Wildman–Crippen LogP) is 5.07. The second kappa shape index (κ2) is 13.4. The fraction of sp³-hybridized carbons (Fsp3) is 0.267. The molecule has 4 rings (SSSR count). The Bertz CT molecular complexity index is 1370. The van der Waals surface area contributed by atoms with Gasteiger partial charge in [-0.1, -0.05) is 30.3 Å². The molecule has 204 valence electrons. The van der Waals surface area contributed by atoms with E-state index in [1.165, 1.54) is 17.0 Å². The van der Waals surface area contributed by atoms with Crippen molar-refractivity contribution in [3.8, 4) is 5.75 Å². The zero-order valence-corrected chi connectivity index (χ0v) is 22.2. The number of carbonyl (C=O) groups excluding carboxylic acids is 2. The highest BCUT2D eigenvalue weighted by Crippen LogP contribution is 2.19. The first-order valence-corrected chi connectivity index (χ1v) is 12.7. The van der Waals surface area contributed by atoms with Gasteiger partial charge in [0.25, 0.3) is 0 Å². The minimum absolute atomic E-state index is 0.138. The number of fused-ring (bicyclic) bond motifs is 1. The number of H-pyrrole nitrogens is 1. The number of methoxy groups -OCH3 is 2. The summed E-state index contributed by atoms with van der Waals surface area (Å²) in [5, 5.41) is 3.94. The van der Waals surface area contributed by atoms with Crippen molar-refractivity contribution < 1.29 is 23.5 Å². The van der Waals surface area contributed by atoms with E-state index in [1.54, 1.807) is 55.5 Å². The zero-order chi connectivity index (χ0) is 27.6. The number of nitrogens with one attached hydrogen (secondary N) is 2. The number of hydrogen-bond donors (Lipinski definition) is 2. The first-order valence-electron chi connectivity index (χ1n) is 12.7. The Hall–Kier alpha value is -4.37. The Kier molecular flexibility index (Phi) is 9.53. The summed E-state index contributed by atoms with van der Waals surface area (Å²) in [6.45, 7) is 1.09. The molecular formula is C30H33FN4O4. The smallest absolute Gasteiger partial charge is 0.322 e. The second-order valence-corrected chi connectivity index (χ2v) is 9.12. The molecular weight excluding hydrogens is 499 g/mol. The second-order valence-electron chi connectivity index (χ2n) is 9.12. The van der Waals surface area contributed by atoms with E-state index < -0.39 is 6.03 Å². The first kappa shape index (κ1) is 27.7. The van der Waals surface area contributed by atoms with Crippen LogP contribution in [0.5, 0.6) is 5.75 Å². The van der Waals surface area contributed by atoms with E-state index in [1.807, 2.05) is 30.5 Å². The maximum absolute atomic E-state index is 13.6. The molecule has 4 aromatic rings. The molecule has 1 heterocycles. The molecule has 8 nitrogen and oxygen atoms in total. The summed E-state index contributed by atoms with van der Waals surface area (Å²) in [6, 6.07) is 20.6. The summed E-state index contributed by atoms with van der Waals surface area (Å²) in [4.78, 5) is 33.1. The molecule has 0 radical (unpaired) electrons.